The Labute approximate surface area is 150 Å². The van der Waals surface area contributed by atoms with Crippen molar-refractivity contribution in [3.05, 3.63) is 41.9 Å². The number of nitrogens with one attached hydrogen (secondary N) is 1. The van der Waals surface area contributed by atoms with Crippen molar-refractivity contribution in [3.8, 4) is 17.2 Å². The quantitative estimate of drug-likeness (QED) is 0.667. The van der Waals surface area contributed by atoms with Crippen molar-refractivity contribution in [1.29, 1.82) is 0 Å². The van der Waals surface area contributed by atoms with Gasteiger partial charge in [-0.25, -0.2) is 0 Å². The van der Waals surface area contributed by atoms with Crippen LogP contribution in [0.15, 0.2) is 34.9 Å². The fraction of sp³-hybridized carbons (Fsp3) is 0.312. The molecular weight excluding hydrogens is 352 g/mol. The number of carbonyl (C=O) groups excluding carboxylic acids is 1. The Hall–Kier alpha value is -2.42. The summed E-state index contributed by atoms with van der Waals surface area (Å²) in [7, 11) is 0. The highest BCUT2D eigenvalue weighted by Crippen LogP contribution is 2.35. The standard InChI is InChI=1S/C16H18N2O6.ClH/c17-5-13-3-10(7-21-13)16(20)18-6-11(19)8-22-12-1-2-14-15(4-12)24-9-23-14;/h1-4,7,11,19H,5-6,8-9,17H2,(H,18,20);1H. The molecule has 1 aromatic carbocycles. The number of hydrogen-bond acceptors (Lipinski definition) is 7. The number of rotatable bonds is 7. The predicted octanol–water partition coefficient (Wildman–Crippen LogP) is 1.06. The van der Waals surface area contributed by atoms with Gasteiger partial charge in [0.2, 0.25) is 6.79 Å². The number of ether oxygens (including phenoxy) is 3. The van der Waals surface area contributed by atoms with Gasteiger partial charge >= 0.3 is 0 Å². The highest BCUT2D eigenvalue weighted by Gasteiger charge is 2.15. The van der Waals surface area contributed by atoms with Crippen molar-refractivity contribution in [1.82, 2.24) is 5.32 Å². The Balaban J connectivity index is 0.00000225. The van der Waals surface area contributed by atoms with Crippen LogP contribution in [0, 0.1) is 0 Å². The van der Waals surface area contributed by atoms with Gasteiger partial charge in [-0.1, -0.05) is 0 Å². The Bertz CT molecular complexity index is 720. The molecule has 0 radical (unpaired) electrons. The van der Waals surface area contributed by atoms with Gasteiger partial charge in [-0.3, -0.25) is 4.79 Å². The van der Waals surface area contributed by atoms with E-state index >= 15 is 0 Å². The van der Waals surface area contributed by atoms with Gasteiger partial charge in [-0.05, 0) is 18.2 Å². The van der Waals surface area contributed by atoms with E-state index in [9.17, 15) is 9.90 Å². The second kappa shape index (κ2) is 8.61. The molecule has 1 unspecified atom stereocenters. The first kappa shape index (κ1) is 18.9. The zero-order chi connectivity index (χ0) is 16.9. The minimum Gasteiger partial charge on any atom is -0.491 e. The third-order valence-electron chi connectivity index (χ3n) is 3.40. The molecule has 8 nitrogen and oxygen atoms in total. The molecule has 9 heteroatoms. The topological polar surface area (TPSA) is 116 Å². The van der Waals surface area contributed by atoms with Crippen molar-refractivity contribution in [3.63, 3.8) is 0 Å². The van der Waals surface area contributed by atoms with Crippen LogP contribution in [0.1, 0.15) is 16.1 Å². The molecule has 136 valence electrons. The summed E-state index contributed by atoms with van der Waals surface area (Å²) in [5, 5.41) is 12.5. The third kappa shape index (κ3) is 4.79. The Morgan fingerprint density at radius 2 is 2.12 bits per heavy atom. The van der Waals surface area contributed by atoms with Gasteiger partial charge in [0.15, 0.2) is 11.5 Å². The van der Waals surface area contributed by atoms with Crippen LogP contribution < -0.4 is 25.3 Å². The summed E-state index contributed by atoms with van der Waals surface area (Å²) in [6.45, 7) is 0.485. The zero-order valence-electron chi connectivity index (χ0n) is 13.3. The van der Waals surface area contributed by atoms with Crippen LogP contribution in [0.3, 0.4) is 0 Å². The normalized spacial score (nSPS) is 13.0. The summed E-state index contributed by atoms with van der Waals surface area (Å²) in [5.41, 5.74) is 5.78. The van der Waals surface area contributed by atoms with Gasteiger partial charge in [0.05, 0.1) is 12.1 Å². The lowest BCUT2D eigenvalue weighted by Gasteiger charge is -2.13. The molecule has 1 aliphatic heterocycles. The number of benzene rings is 1. The highest BCUT2D eigenvalue weighted by molar-refractivity contribution is 5.93. The average Bonchev–Trinajstić information content (AvgIpc) is 3.26. The molecule has 0 saturated heterocycles. The number of aliphatic hydroxyl groups is 1. The van der Waals surface area contributed by atoms with E-state index in [1.807, 2.05) is 0 Å². The molecule has 1 aliphatic rings. The molecular formula is C16H19ClN2O6. The fourth-order valence-corrected chi connectivity index (χ4v) is 2.14. The molecule has 0 aliphatic carbocycles. The maximum Gasteiger partial charge on any atom is 0.254 e. The van der Waals surface area contributed by atoms with E-state index in [1.165, 1.54) is 6.26 Å². The van der Waals surface area contributed by atoms with E-state index in [0.29, 0.717) is 28.6 Å². The SMILES string of the molecule is Cl.NCc1cc(C(=O)NCC(O)COc2ccc3c(c2)OCO3)co1. The van der Waals surface area contributed by atoms with Gasteiger partial charge in [0, 0.05) is 12.6 Å². The zero-order valence-corrected chi connectivity index (χ0v) is 14.1. The molecule has 0 fully saturated rings. The first-order valence-corrected chi connectivity index (χ1v) is 7.42. The summed E-state index contributed by atoms with van der Waals surface area (Å²) in [6.07, 6.45) is 0.466. The van der Waals surface area contributed by atoms with Gasteiger partial charge in [0.25, 0.3) is 5.91 Å². The predicted molar refractivity (Wildman–Crippen MR) is 90.2 cm³/mol. The molecule has 4 N–H and O–H groups in total. The molecule has 0 bridgehead atoms. The Morgan fingerprint density at radius 1 is 1.32 bits per heavy atom. The number of aliphatic hydroxyl groups excluding tert-OH is 1. The second-order valence-corrected chi connectivity index (χ2v) is 5.20. The smallest absolute Gasteiger partial charge is 0.254 e. The third-order valence-corrected chi connectivity index (χ3v) is 3.40. The van der Waals surface area contributed by atoms with Crippen LogP contribution in [-0.2, 0) is 6.54 Å². The summed E-state index contributed by atoms with van der Waals surface area (Å²) < 4.78 is 21.0. The lowest BCUT2D eigenvalue weighted by atomic mass is 10.2. The van der Waals surface area contributed by atoms with E-state index in [0.717, 1.165) is 0 Å². The minimum atomic E-state index is -0.861. The number of carbonyl (C=O) groups is 1. The maximum atomic E-state index is 11.9. The molecule has 1 amide bonds. The van der Waals surface area contributed by atoms with E-state index in [1.54, 1.807) is 24.3 Å². The number of furan rings is 1. The van der Waals surface area contributed by atoms with Crippen molar-refractivity contribution in [2.24, 2.45) is 5.73 Å². The van der Waals surface area contributed by atoms with Crippen molar-refractivity contribution in [2.45, 2.75) is 12.6 Å². The number of fused-ring (bicyclic) bond motifs is 1. The van der Waals surface area contributed by atoms with Crippen LogP contribution in [0.25, 0.3) is 0 Å². The van der Waals surface area contributed by atoms with Crippen molar-refractivity contribution < 1.29 is 28.5 Å². The van der Waals surface area contributed by atoms with Crippen molar-refractivity contribution >= 4 is 18.3 Å². The molecule has 1 aromatic heterocycles. The van der Waals surface area contributed by atoms with Crippen LogP contribution in [0.4, 0.5) is 0 Å². The van der Waals surface area contributed by atoms with E-state index < -0.39 is 6.10 Å². The summed E-state index contributed by atoms with van der Waals surface area (Å²) in [5.74, 6) is 1.98. The fourth-order valence-electron chi connectivity index (χ4n) is 2.14. The number of nitrogens with two attached hydrogens (primary N) is 1. The van der Waals surface area contributed by atoms with E-state index in [2.05, 4.69) is 5.32 Å². The molecule has 0 saturated carbocycles. The van der Waals surface area contributed by atoms with Gasteiger partial charge < -0.3 is 34.8 Å². The molecule has 2 heterocycles. The first-order chi connectivity index (χ1) is 11.7. The van der Waals surface area contributed by atoms with Gasteiger partial charge in [-0.15, -0.1) is 12.4 Å². The Kier molecular flexibility index (Phi) is 6.51. The van der Waals surface area contributed by atoms with E-state index in [4.69, 9.17) is 24.4 Å². The summed E-state index contributed by atoms with van der Waals surface area (Å²) in [6, 6.07) is 6.71. The monoisotopic (exact) mass is 370 g/mol. The largest absolute Gasteiger partial charge is 0.491 e. The Morgan fingerprint density at radius 3 is 2.88 bits per heavy atom. The molecule has 25 heavy (non-hydrogen) atoms. The average molecular weight is 371 g/mol. The highest BCUT2D eigenvalue weighted by atomic mass is 35.5. The second-order valence-electron chi connectivity index (χ2n) is 5.20. The van der Waals surface area contributed by atoms with Crippen LogP contribution in [0.5, 0.6) is 17.2 Å². The lowest BCUT2D eigenvalue weighted by Crippen LogP contribution is -2.35. The maximum absolute atomic E-state index is 11.9. The van der Waals surface area contributed by atoms with Crippen LogP contribution >= 0.6 is 12.4 Å². The molecule has 0 spiro atoms. The number of hydrogen-bond donors (Lipinski definition) is 3. The minimum absolute atomic E-state index is 0. The number of halogens is 1. The van der Waals surface area contributed by atoms with E-state index in [-0.39, 0.29) is 44.8 Å². The molecule has 2 aromatic rings. The summed E-state index contributed by atoms with van der Waals surface area (Å²) in [4.78, 5) is 11.9. The lowest BCUT2D eigenvalue weighted by molar-refractivity contribution is 0.0843. The van der Waals surface area contributed by atoms with Crippen LogP contribution in [-0.4, -0.2) is 37.1 Å². The summed E-state index contributed by atoms with van der Waals surface area (Å²) >= 11 is 0. The molecule has 3 rings (SSSR count). The number of amides is 1. The first-order valence-electron chi connectivity index (χ1n) is 7.42. The van der Waals surface area contributed by atoms with Gasteiger partial charge in [0.1, 0.15) is 30.5 Å². The van der Waals surface area contributed by atoms with Crippen molar-refractivity contribution in [2.75, 3.05) is 19.9 Å². The molecule has 1 atom stereocenters. The van der Waals surface area contributed by atoms with Gasteiger partial charge in [-0.2, -0.15) is 0 Å². The van der Waals surface area contributed by atoms with Crippen LogP contribution in [0.2, 0.25) is 0 Å².